The van der Waals surface area contributed by atoms with E-state index in [4.69, 9.17) is 15.2 Å². The summed E-state index contributed by atoms with van der Waals surface area (Å²) >= 11 is 1.21. The number of nitrogens with two attached hydrogens (primary N) is 1. The van der Waals surface area contributed by atoms with Gasteiger partial charge < -0.3 is 15.2 Å². The Hall–Kier alpha value is -3.82. The van der Waals surface area contributed by atoms with Crippen molar-refractivity contribution in [3.8, 4) is 12.1 Å². The molecule has 1 aliphatic rings. The second kappa shape index (κ2) is 10.4. The third kappa shape index (κ3) is 4.75. The van der Waals surface area contributed by atoms with Crippen LogP contribution in [0.1, 0.15) is 40.8 Å². The van der Waals surface area contributed by atoms with Gasteiger partial charge in [0.2, 0.25) is 5.88 Å². The number of carbonyl (C=O) groups excluding carboxylic acids is 1. The Balaban J connectivity index is 2.13. The Labute approximate surface area is 201 Å². The Morgan fingerprint density at radius 2 is 2.00 bits per heavy atom. The number of aromatic nitrogens is 1. The van der Waals surface area contributed by atoms with E-state index in [1.165, 1.54) is 30.0 Å². The number of nitrogens with zero attached hydrogens (tertiary/aromatic N) is 3. The van der Waals surface area contributed by atoms with Gasteiger partial charge in [0.25, 0.3) is 0 Å². The molecule has 0 aliphatic carbocycles. The average Bonchev–Trinajstić information content (AvgIpc) is 2.80. The van der Waals surface area contributed by atoms with E-state index in [-0.39, 0.29) is 35.1 Å². The summed E-state index contributed by atoms with van der Waals surface area (Å²) in [6.45, 7) is 7.36. The predicted molar refractivity (Wildman–Crippen MR) is 125 cm³/mol. The SMILES string of the molecule is CCOC(=O)C1=C(CSc2nc(C)c(C)c(C)c2C#N)OC(N)=C(C#N)[C@@H]1c1cccc(F)c1. The fourth-order valence-corrected chi connectivity index (χ4v) is 4.69. The zero-order valence-corrected chi connectivity index (χ0v) is 20.0. The molecule has 0 spiro atoms. The molecule has 1 aliphatic heterocycles. The fraction of sp³-hybridized carbons (Fsp3) is 0.280. The Morgan fingerprint density at radius 1 is 1.26 bits per heavy atom. The number of benzene rings is 1. The summed E-state index contributed by atoms with van der Waals surface area (Å²) in [5, 5.41) is 19.9. The first-order chi connectivity index (χ1) is 16.2. The van der Waals surface area contributed by atoms with Crippen molar-refractivity contribution in [2.24, 2.45) is 5.73 Å². The minimum Gasteiger partial charge on any atom is -0.463 e. The van der Waals surface area contributed by atoms with E-state index in [0.717, 1.165) is 16.8 Å². The fourth-order valence-electron chi connectivity index (χ4n) is 3.66. The molecule has 0 bridgehead atoms. The van der Waals surface area contributed by atoms with Crippen LogP contribution < -0.4 is 5.73 Å². The van der Waals surface area contributed by atoms with Crippen LogP contribution in [-0.4, -0.2) is 23.3 Å². The van der Waals surface area contributed by atoms with Crippen LogP contribution in [0.15, 0.2) is 52.1 Å². The van der Waals surface area contributed by atoms with Crippen LogP contribution in [0.3, 0.4) is 0 Å². The number of rotatable bonds is 6. The molecule has 34 heavy (non-hydrogen) atoms. The minimum absolute atomic E-state index is 0.0136. The van der Waals surface area contributed by atoms with Crippen molar-refractivity contribution in [2.45, 2.75) is 38.6 Å². The molecule has 1 aromatic heterocycles. The monoisotopic (exact) mass is 478 g/mol. The van der Waals surface area contributed by atoms with E-state index in [2.05, 4.69) is 11.1 Å². The van der Waals surface area contributed by atoms with E-state index in [9.17, 15) is 19.7 Å². The van der Waals surface area contributed by atoms with Gasteiger partial charge in [-0.05, 0) is 56.5 Å². The van der Waals surface area contributed by atoms with E-state index < -0.39 is 17.7 Å². The highest BCUT2D eigenvalue weighted by Gasteiger charge is 2.38. The average molecular weight is 479 g/mol. The number of hydrogen-bond donors (Lipinski definition) is 1. The molecule has 2 heterocycles. The molecule has 2 N–H and O–H groups in total. The number of nitriles is 2. The highest BCUT2D eigenvalue weighted by atomic mass is 32.2. The highest BCUT2D eigenvalue weighted by Crippen LogP contribution is 2.41. The number of ether oxygens (including phenoxy) is 2. The summed E-state index contributed by atoms with van der Waals surface area (Å²) in [6.07, 6.45) is 0. The number of allylic oxidation sites excluding steroid dienone is 1. The topological polar surface area (TPSA) is 122 Å². The first-order valence-corrected chi connectivity index (χ1v) is 11.5. The van der Waals surface area contributed by atoms with Crippen molar-refractivity contribution in [3.63, 3.8) is 0 Å². The summed E-state index contributed by atoms with van der Waals surface area (Å²) in [5.41, 5.74) is 9.44. The zero-order valence-electron chi connectivity index (χ0n) is 19.2. The Bertz CT molecular complexity index is 1300. The maximum absolute atomic E-state index is 14.0. The quantitative estimate of drug-likeness (QED) is 0.478. The number of carbonyl (C=O) groups is 1. The smallest absolute Gasteiger partial charge is 0.338 e. The van der Waals surface area contributed by atoms with E-state index in [1.54, 1.807) is 13.0 Å². The van der Waals surface area contributed by atoms with Crippen molar-refractivity contribution >= 4 is 17.7 Å². The highest BCUT2D eigenvalue weighted by molar-refractivity contribution is 7.99. The van der Waals surface area contributed by atoms with Gasteiger partial charge in [-0.2, -0.15) is 10.5 Å². The van der Waals surface area contributed by atoms with Crippen LogP contribution in [-0.2, 0) is 14.3 Å². The molecule has 1 aromatic carbocycles. The van der Waals surface area contributed by atoms with Crippen molar-refractivity contribution in [1.29, 1.82) is 10.5 Å². The third-order valence-electron chi connectivity index (χ3n) is 5.59. The summed E-state index contributed by atoms with van der Waals surface area (Å²) < 4.78 is 25.0. The summed E-state index contributed by atoms with van der Waals surface area (Å²) in [5.74, 6) is -2.11. The summed E-state index contributed by atoms with van der Waals surface area (Å²) in [4.78, 5) is 17.6. The van der Waals surface area contributed by atoms with Crippen LogP contribution in [0.25, 0.3) is 0 Å². The number of halogens is 1. The van der Waals surface area contributed by atoms with Crippen LogP contribution in [0, 0.1) is 49.3 Å². The molecule has 0 radical (unpaired) electrons. The lowest BCUT2D eigenvalue weighted by Gasteiger charge is -2.28. The number of pyridine rings is 1. The first kappa shape index (κ1) is 24.8. The van der Waals surface area contributed by atoms with Gasteiger partial charge in [-0.3, -0.25) is 0 Å². The van der Waals surface area contributed by atoms with Gasteiger partial charge in [-0.1, -0.05) is 23.9 Å². The van der Waals surface area contributed by atoms with E-state index in [0.29, 0.717) is 16.2 Å². The molecule has 174 valence electrons. The third-order valence-corrected chi connectivity index (χ3v) is 6.56. The number of hydrogen-bond acceptors (Lipinski definition) is 8. The molecule has 0 fully saturated rings. The molecule has 7 nitrogen and oxygen atoms in total. The molecule has 2 aromatic rings. The van der Waals surface area contributed by atoms with Crippen LogP contribution in [0.4, 0.5) is 4.39 Å². The Kier molecular flexibility index (Phi) is 7.60. The minimum atomic E-state index is -0.964. The normalized spacial score (nSPS) is 15.4. The van der Waals surface area contributed by atoms with E-state index >= 15 is 0 Å². The molecule has 0 amide bonds. The zero-order chi connectivity index (χ0) is 25.0. The van der Waals surface area contributed by atoms with Gasteiger partial charge in [0.05, 0.1) is 29.4 Å². The lowest BCUT2D eigenvalue weighted by molar-refractivity contribution is -0.139. The molecule has 1 atom stereocenters. The van der Waals surface area contributed by atoms with Gasteiger partial charge in [0.1, 0.15) is 34.3 Å². The van der Waals surface area contributed by atoms with Gasteiger partial charge in [0, 0.05) is 5.69 Å². The summed E-state index contributed by atoms with van der Waals surface area (Å²) in [7, 11) is 0. The molecular formula is C25H23FN4O3S. The van der Waals surface area contributed by atoms with Crippen LogP contribution in [0.5, 0.6) is 0 Å². The van der Waals surface area contributed by atoms with Crippen LogP contribution in [0.2, 0.25) is 0 Å². The number of aryl methyl sites for hydroxylation is 1. The second-order valence-electron chi connectivity index (χ2n) is 7.56. The molecule has 9 heteroatoms. The first-order valence-electron chi connectivity index (χ1n) is 10.5. The summed E-state index contributed by atoms with van der Waals surface area (Å²) in [6, 6.07) is 9.78. The number of thioether (sulfide) groups is 1. The maximum atomic E-state index is 14.0. The standard InChI is InChI=1S/C25H23FN4O3S/c1-5-32-25(31)22-20(12-34-24-18(10-27)14(3)13(2)15(4)30-24)33-23(29)19(11-28)21(22)16-7-6-8-17(26)9-16/h6-9,21H,5,12,29H2,1-4H3/t21-/m0/s1. The van der Waals surface area contributed by atoms with Gasteiger partial charge in [-0.15, -0.1) is 0 Å². The van der Waals surface area contributed by atoms with Crippen molar-refractivity contribution in [3.05, 3.63) is 80.8 Å². The largest absolute Gasteiger partial charge is 0.463 e. The lowest BCUT2D eigenvalue weighted by Crippen LogP contribution is -2.27. The molecule has 0 unspecified atom stereocenters. The maximum Gasteiger partial charge on any atom is 0.338 e. The predicted octanol–water partition coefficient (Wildman–Crippen LogP) is 4.43. The van der Waals surface area contributed by atoms with Crippen molar-refractivity contribution in [1.82, 2.24) is 4.98 Å². The molecular weight excluding hydrogens is 455 g/mol. The second-order valence-corrected chi connectivity index (χ2v) is 8.53. The number of esters is 1. The van der Waals surface area contributed by atoms with Crippen LogP contribution >= 0.6 is 11.8 Å². The van der Waals surface area contributed by atoms with Gasteiger partial charge >= 0.3 is 5.97 Å². The lowest BCUT2D eigenvalue weighted by atomic mass is 9.83. The Morgan fingerprint density at radius 3 is 2.62 bits per heavy atom. The molecule has 0 saturated carbocycles. The van der Waals surface area contributed by atoms with Crippen molar-refractivity contribution in [2.75, 3.05) is 12.4 Å². The van der Waals surface area contributed by atoms with E-state index in [1.807, 2.05) is 26.8 Å². The van der Waals surface area contributed by atoms with Gasteiger partial charge in [0.15, 0.2) is 0 Å². The van der Waals surface area contributed by atoms with Gasteiger partial charge in [-0.25, -0.2) is 14.2 Å². The van der Waals surface area contributed by atoms with Crippen molar-refractivity contribution < 1.29 is 18.7 Å². The molecule has 3 rings (SSSR count). The molecule has 0 saturated heterocycles.